The van der Waals surface area contributed by atoms with E-state index in [1.807, 2.05) is 19.1 Å². The molecule has 0 atom stereocenters. The van der Waals surface area contributed by atoms with Crippen molar-refractivity contribution in [1.29, 1.82) is 0 Å². The minimum atomic E-state index is -0.500. The van der Waals surface area contributed by atoms with Crippen LogP contribution >= 0.6 is 23.4 Å². The Hall–Kier alpha value is -3.30. The number of aromatic nitrogens is 5. The summed E-state index contributed by atoms with van der Waals surface area (Å²) in [6.45, 7) is 1.90. The van der Waals surface area contributed by atoms with Gasteiger partial charge in [0.2, 0.25) is 0 Å². The summed E-state index contributed by atoms with van der Waals surface area (Å²) in [5.74, 6) is -0.624. The SMILES string of the molecule is Cc1ccc(-n2nnc(C(=O)Nc3cccc(F)c3)c2CSc2ncccn2)cc1Cl. The highest BCUT2D eigenvalue weighted by Gasteiger charge is 2.22. The molecule has 0 aliphatic heterocycles. The zero-order chi connectivity index (χ0) is 21.8. The first-order valence-corrected chi connectivity index (χ1v) is 10.6. The lowest BCUT2D eigenvalue weighted by Gasteiger charge is -2.09. The maximum absolute atomic E-state index is 13.5. The fourth-order valence-corrected chi connectivity index (χ4v) is 3.75. The summed E-state index contributed by atoms with van der Waals surface area (Å²) in [5, 5.41) is 12.0. The van der Waals surface area contributed by atoms with Crippen molar-refractivity contribution in [2.75, 3.05) is 5.32 Å². The maximum atomic E-state index is 13.5. The van der Waals surface area contributed by atoms with Crippen LogP contribution in [0.1, 0.15) is 21.7 Å². The van der Waals surface area contributed by atoms with Crippen LogP contribution in [0.25, 0.3) is 5.69 Å². The Morgan fingerprint density at radius 1 is 1.16 bits per heavy atom. The van der Waals surface area contributed by atoms with Gasteiger partial charge in [-0.1, -0.05) is 40.7 Å². The lowest BCUT2D eigenvalue weighted by Crippen LogP contribution is -2.15. The Morgan fingerprint density at radius 3 is 2.71 bits per heavy atom. The van der Waals surface area contributed by atoms with Crippen LogP contribution < -0.4 is 5.32 Å². The van der Waals surface area contributed by atoms with Crippen LogP contribution in [0.15, 0.2) is 66.1 Å². The number of nitrogens with zero attached hydrogens (tertiary/aromatic N) is 5. The minimum absolute atomic E-state index is 0.115. The number of anilines is 1. The highest BCUT2D eigenvalue weighted by atomic mass is 35.5. The summed E-state index contributed by atoms with van der Waals surface area (Å²) in [7, 11) is 0. The van der Waals surface area contributed by atoms with E-state index < -0.39 is 11.7 Å². The number of nitrogens with one attached hydrogen (secondary N) is 1. The van der Waals surface area contributed by atoms with Crippen molar-refractivity contribution in [2.45, 2.75) is 17.8 Å². The van der Waals surface area contributed by atoms with Crippen LogP contribution in [0.2, 0.25) is 5.02 Å². The van der Waals surface area contributed by atoms with E-state index in [0.717, 1.165) is 5.56 Å². The van der Waals surface area contributed by atoms with Crippen LogP contribution in [-0.2, 0) is 5.75 Å². The average Bonchev–Trinajstić information content (AvgIpc) is 3.19. The zero-order valence-electron chi connectivity index (χ0n) is 16.3. The van der Waals surface area contributed by atoms with Gasteiger partial charge in [-0.2, -0.15) is 0 Å². The van der Waals surface area contributed by atoms with Crippen molar-refractivity contribution >= 4 is 35.0 Å². The molecule has 0 radical (unpaired) electrons. The second-order valence-electron chi connectivity index (χ2n) is 6.51. The molecule has 0 unspecified atom stereocenters. The van der Waals surface area contributed by atoms with Gasteiger partial charge < -0.3 is 5.32 Å². The second kappa shape index (κ2) is 9.23. The molecule has 0 aliphatic carbocycles. The van der Waals surface area contributed by atoms with Crippen LogP contribution in [0.3, 0.4) is 0 Å². The van der Waals surface area contributed by atoms with Crippen LogP contribution in [0.5, 0.6) is 0 Å². The molecule has 4 rings (SSSR count). The van der Waals surface area contributed by atoms with E-state index in [1.54, 1.807) is 35.3 Å². The molecular formula is C21H16ClFN6OS. The third kappa shape index (κ3) is 4.89. The molecule has 156 valence electrons. The molecule has 0 bridgehead atoms. The molecule has 10 heteroatoms. The molecule has 0 saturated heterocycles. The lowest BCUT2D eigenvalue weighted by molar-refractivity contribution is 0.102. The number of aryl methyl sites for hydroxylation is 1. The largest absolute Gasteiger partial charge is 0.320 e. The van der Waals surface area contributed by atoms with Gasteiger partial charge in [-0.3, -0.25) is 4.79 Å². The third-order valence-electron chi connectivity index (χ3n) is 4.34. The van der Waals surface area contributed by atoms with Gasteiger partial charge in [-0.25, -0.2) is 19.0 Å². The number of amides is 1. The minimum Gasteiger partial charge on any atom is -0.320 e. The van der Waals surface area contributed by atoms with E-state index in [9.17, 15) is 9.18 Å². The number of thioether (sulfide) groups is 1. The molecule has 0 fully saturated rings. The molecule has 0 spiro atoms. The lowest BCUT2D eigenvalue weighted by atomic mass is 10.2. The van der Waals surface area contributed by atoms with Crippen molar-refractivity contribution in [3.05, 3.63) is 88.7 Å². The van der Waals surface area contributed by atoms with Gasteiger partial charge in [-0.15, -0.1) is 5.10 Å². The Bertz CT molecular complexity index is 1230. The maximum Gasteiger partial charge on any atom is 0.278 e. The molecule has 0 saturated carbocycles. The molecule has 4 aromatic rings. The summed E-state index contributed by atoms with van der Waals surface area (Å²) in [5.41, 5.74) is 2.55. The molecular weight excluding hydrogens is 439 g/mol. The van der Waals surface area contributed by atoms with Crippen molar-refractivity contribution < 1.29 is 9.18 Å². The van der Waals surface area contributed by atoms with Crippen LogP contribution in [-0.4, -0.2) is 30.9 Å². The van der Waals surface area contributed by atoms with Crippen molar-refractivity contribution in [1.82, 2.24) is 25.0 Å². The number of carbonyl (C=O) groups excluding carboxylic acids is 1. The molecule has 1 N–H and O–H groups in total. The highest BCUT2D eigenvalue weighted by Crippen LogP contribution is 2.25. The number of rotatable bonds is 6. The van der Waals surface area contributed by atoms with E-state index in [1.165, 1.54) is 30.0 Å². The third-order valence-corrected chi connectivity index (χ3v) is 5.63. The van der Waals surface area contributed by atoms with Gasteiger partial charge in [0.1, 0.15) is 5.82 Å². The van der Waals surface area contributed by atoms with E-state index in [2.05, 4.69) is 25.6 Å². The van der Waals surface area contributed by atoms with Crippen molar-refractivity contribution in [3.63, 3.8) is 0 Å². The number of carbonyl (C=O) groups is 1. The number of hydrogen-bond donors (Lipinski definition) is 1. The van der Waals surface area contributed by atoms with E-state index in [4.69, 9.17) is 11.6 Å². The molecule has 7 nitrogen and oxygen atoms in total. The fraction of sp³-hybridized carbons (Fsp3) is 0.0952. The van der Waals surface area contributed by atoms with E-state index >= 15 is 0 Å². The second-order valence-corrected chi connectivity index (χ2v) is 7.86. The predicted octanol–water partition coefficient (Wildman–Crippen LogP) is 4.70. The number of hydrogen-bond acceptors (Lipinski definition) is 6. The van der Waals surface area contributed by atoms with E-state index in [-0.39, 0.29) is 5.69 Å². The average molecular weight is 455 g/mol. The molecule has 2 aromatic carbocycles. The number of benzene rings is 2. The quantitative estimate of drug-likeness (QED) is 0.335. The topological polar surface area (TPSA) is 85.6 Å². The zero-order valence-corrected chi connectivity index (χ0v) is 17.9. The Morgan fingerprint density at radius 2 is 1.97 bits per heavy atom. The predicted molar refractivity (Wildman–Crippen MR) is 117 cm³/mol. The first-order chi connectivity index (χ1) is 15.0. The summed E-state index contributed by atoms with van der Waals surface area (Å²) in [6, 6.07) is 12.8. The smallest absolute Gasteiger partial charge is 0.278 e. The summed E-state index contributed by atoms with van der Waals surface area (Å²) >= 11 is 7.62. The Kier molecular flexibility index (Phi) is 6.24. The monoisotopic (exact) mass is 454 g/mol. The van der Waals surface area contributed by atoms with Gasteiger partial charge in [0, 0.05) is 28.9 Å². The van der Waals surface area contributed by atoms with Gasteiger partial charge in [0.25, 0.3) is 5.91 Å². The highest BCUT2D eigenvalue weighted by molar-refractivity contribution is 7.98. The van der Waals surface area contributed by atoms with E-state index in [0.29, 0.717) is 33.0 Å². The first kappa shape index (κ1) is 21.0. The Balaban J connectivity index is 1.69. The van der Waals surface area contributed by atoms with Gasteiger partial charge >= 0.3 is 0 Å². The summed E-state index contributed by atoms with van der Waals surface area (Å²) in [4.78, 5) is 21.3. The molecule has 1 amide bonds. The molecule has 2 heterocycles. The molecule has 0 aliphatic rings. The standard InChI is InChI=1S/C21H16ClFN6OS/c1-13-6-7-16(11-17(13)22)29-18(12-31-21-24-8-3-9-25-21)19(27-28-29)20(30)26-15-5-2-4-14(23)10-15/h2-11H,12H2,1H3,(H,26,30). The van der Waals surface area contributed by atoms with Gasteiger partial charge in [0.15, 0.2) is 10.9 Å². The molecule has 31 heavy (non-hydrogen) atoms. The Labute approximate surface area is 186 Å². The summed E-state index contributed by atoms with van der Waals surface area (Å²) < 4.78 is 15.0. The van der Waals surface area contributed by atoms with Crippen molar-refractivity contribution in [2.24, 2.45) is 0 Å². The van der Waals surface area contributed by atoms with Gasteiger partial charge in [0.05, 0.1) is 11.4 Å². The normalized spacial score (nSPS) is 10.8. The molecule has 2 aromatic heterocycles. The fourth-order valence-electron chi connectivity index (χ4n) is 2.78. The summed E-state index contributed by atoms with van der Waals surface area (Å²) in [6.07, 6.45) is 3.28. The first-order valence-electron chi connectivity index (χ1n) is 9.19. The van der Waals surface area contributed by atoms with Gasteiger partial charge in [-0.05, 0) is 48.9 Å². The van der Waals surface area contributed by atoms with Crippen LogP contribution in [0, 0.1) is 12.7 Å². The van der Waals surface area contributed by atoms with Crippen LogP contribution in [0.4, 0.5) is 10.1 Å². The number of halogens is 2. The van der Waals surface area contributed by atoms with Crippen molar-refractivity contribution in [3.8, 4) is 5.69 Å².